The molecule has 0 amide bonds. The third-order valence-electron chi connectivity index (χ3n) is 1.70. The Kier molecular flexibility index (Phi) is 4.73. The second-order valence-electron chi connectivity index (χ2n) is 2.96. The van der Waals surface area contributed by atoms with Crippen LogP contribution in [0.2, 0.25) is 0 Å². The van der Waals surface area contributed by atoms with Crippen LogP contribution in [0, 0.1) is 0 Å². The van der Waals surface area contributed by atoms with Crippen molar-refractivity contribution in [2.24, 2.45) is 0 Å². The molecule has 0 fully saturated rings. The number of hydrogen-bond acceptors (Lipinski definition) is 1. The first-order valence-corrected chi connectivity index (χ1v) is 4.72. The van der Waals surface area contributed by atoms with Crippen LogP contribution in [0.1, 0.15) is 39.5 Å². The predicted octanol–water partition coefficient (Wildman–Crippen LogP) is 2.80. The van der Waals surface area contributed by atoms with Crippen molar-refractivity contribution in [3.05, 3.63) is 0 Å². The Labute approximate surface area is 76.1 Å². The molecular formula is C8H15BrO2. The van der Waals surface area contributed by atoms with Gasteiger partial charge in [-0.05, 0) is 13.3 Å². The summed E-state index contributed by atoms with van der Waals surface area (Å²) in [5.74, 6) is -0.770. The van der Waals surface area contributed by atoms with Crippen LogP contribution in [0.3, 0.4) is 0 Å². The molecule has 1 atom stereocenters. The zero-order valence-electron chi connectivity index (χ0n) is 7.06. The summed E-state index contributed by atoms with van der Waals surface area (Å²) in [6.07, 6.45) is 3.91. The Balaban J connectivity index is 3.64. The van der Waals surface area contributed by atoms with Crippen molar-refractivity contribution in [1.29, 1.82) is 0 Å². The Morgan fingerprint density at radius 3 is 2.45 bits per heavy atom. The van der Waals surface area contributed by atoms with Crippen LogP contribution >= 0.6 is 15.9 Å². The monoisotopic (exact) mass is 222 g/mol. The fourth-order valence-corrected chi connectivity index (χ4v) is 1.09. The lowest BCUT2D eigenvalue weighted by molar-refractivity contribution is -0.139. The van der Waals surface area contributed by atoms with E-state index in [9.17, 15) is 4.79 Å². The highest BCUT2D eigenvalue weighted by Crippen LogP contribution is 2.24. The molecule has 0 aromatic carbocycles. The third kappa shape index (κ3) is 4.40. The molecule has 1 unspecified atom stereocenters. The van der Waals surface area contributed by atoms with Crippen LogP contribution < -0.4 is 0 Å². The topological polar surface area (TPSA) is 37.3 Å². The van der Waals surface area contributed by atoms with Crippen molar-refractivity contribution in [3.8, 4) is 0 Å². The van der Waals surface area contributed by atoms with E-state index >= 15 is 0 Å². The molecule has 0 bridgehead atoms. The minimum atomic E-state index is -0.770. The first-order valence-electron chi connectivity index (χ1n) is 3.93. The van der Waals surface area contributed by atoms with Crippen molar-refractivity contribution < 1.29 is 9.90 Å². The van der Waals surface area contributed by atoms with E-state index in [-0.39, 0.29) is 0 Å². The second-order valence-corrected chi connectivity index (χ2v) is 4.71. The average molecular weight is 223 g/mol. The maximum Gasteiger partial charge on any atom is 0.320 e. The van der Waals surface area contributed by atoms with Gasteiger partial charge in [0.15, 0.2) is 0 Å². The molecule has 0 aliphatic rings. The smallest absolute Gasteiger partial charge is 0.320 e. The van der Waals surface area contributed by atoms with Crippen LogP contribution in [-0.4, -0.2) is 15.4 Å². The molecule has 66 valence electrons. The average Bonchev–Trinajstić information content (AvgIpc) is 1.88. The largest absolute Gasteiger partial charge is 0.480 e. The lowest BCUT2D eigenvalue weighted by Gasteiger charge is -2.15. The molecule has 2 nitrogen and oxygen atoms in total. The van der Waals surface area contributed by atoms with Gasteiger partial charge in [0.1, 0.15) is 4.32 Å². The molecule has 3 heteroatoms. The summed E-state index contributed by atoms with van der Waals surface area (Å²) in [6, 6.07) is 0. The molecule has 0 saturated carbocycles. The zero-order chi connectivity index (χ0) is 8.91. The molecule has 0 aliphatic carbocycles. The molecule has 0 rings (SSSR count). The van der Waals surface area contributed by atoms with Gasteiger partial charge in [0.2, 0.25) is 0 Å². The summed E-state index contributed by atoms with van der Waals surface area (Å²) < 4.78 is -0.720. The lowest BCUT2D eigenvalue weighted by atomic mass is 10.0. The molecule has 0 aromatic rings. The molecule has 0 heterocycles. The van der Waals surface area contributed by atoms with Gasteiger partial charge in [0.25, 0.3) is 0 Å². The molecule has 0 aromatic heterocycles. The first-order chi connectivity index (χ1) is 5.00. The molecule has 11 heavy (non-hydrogen) atoms. The normalized spacial score (nSPS) is 15.9. The standard InChI is InChI=1S/C8H15BrO2/c1-3-4-5-6-8(2,9)7(10)11/h3-6H2,1-2H3,(H,10,11). The van der Waals surface area contributed by atoms with E-state index in [1.807, 2.05) is 0 Å². The molecule has 1 N–H and O–H groups in total. The van der Waals surface area contributed by atoms with E-state index < -0.39 is 10.3 Å². The maximum atomic E-state index is 10.6. The summed E-state index contributed by atoms with van der Waals surface area (Å²) in [5.41, 5.74) is 0. The molecule has 0 saturated heterocycles. The summed E-state index contributed by atoms with van der Waals surface area (Å²) in [7, 11) is 0. The number of unbranched alkanes of at least 4 members (excludes halogenated alkanes) is 2. The maximum absolute atomic E-state index is 10.6. The highest BCUT2D eigenvalue weighted by molar-refractivity contribution is 9.10. The van der Waals surface area contributed by atoms with Crippen molar-refractivity contribution in [2.75, 3.05) is 0 Å². The molecular weight excluding hydrogens is 208 g/mol. The van der Waals surface area contributed by atoms with Crippen molar-refractivity contribution in [1.82, 2.24) is 0 Å². The number of carboxylic acid groups (broad SMARTS) is 1. The van der Waals surface area contributed by atoms with E-state index in [1.54, 1.807) is 6.92 Å². The van der Waals surface area contributed by atoms with E-state index in [4.69, 9.17) is 5.11 Å². The fraction of sp³-hybridized carbons (Fsp3) is 0.875. The Morgan fingerprint density at radius 1 is 1.55 bits per heavy atom. The van der Waals surface area contributed by atoms with Gasteiger partial charge in [-0.1, -0.05) is 42.1 Å². The number of hydrogen-bond donors (Lipinski definition) is 1. The SMILES string of the molecule is CCCCCC(C)(Br)C(=O)O. The predicted molar refractivity (Wildman–Crippen MR) is 49.1 cm³/mol. The molecule has 0 aliphatic heterocycles. The minimum absolute atomic E-state index is 0.705. The van der Waals surface area contributed by atoms with Gasteiger partial charge >= 0.3 is 5.97 Å². The van der Waals surface area contributed by atoms with E-state index in [1.165, 1.54) is 0 Å². The zero-order valence-corrected chi connectivity index (χ0v) is 8.65. The van der Waals surface area contributed by atoms with Crippen LogP contribution in [-0.2, 0) is 4.79 Å². The van der Waals surface area contributed by atoms with Crippen LogP contribution in [0.4, 0.5) is 0 Å². The van der Waals surface area contributed by atoms with Gasteiger partial charge in [0, 0.05) is 0 Å². The van der Waals surface area contributed by atoms with Crippen LogP contribution in [0.25, 0.3) is 0 Å². The van der Waals surface area contributed by atoms with Crippen molar-refractivity contribution in [3.63, 3.8) is 0 Å². The van der Waals surface area contributed by atoms with Gasteiger partial charge in [0.05, 0.1) is 0 Å². The van der Waals surface area contributed by atoms with Crippen LogP contribution in [0.15, 0.2) is 0 Å². The van der Waals surface area contributed by atoms with Crippen molar-refractivity contribution >= 4 is 21.9 Å². The Morgan fingerprint density at radius 2 is 2.09 bits per heavy atom. The number of carbonyl (C=O) groups is 1. The number of carboxylic acids is 1. The van der Waals surface area contributed by atoms with E-state index in [0.717, 1.165) is 19.3 Å². The Bertz CT molecular complexity index is 132. The van der Waals surface area contributed by atoms with Gasteiger partial charge in [-0.2, -0.15) is 0 Å². The van der Waals surface area contributed by atoms with Gasteiger partial charge < -0.3 is 5.11 Å². The summed E-state index contributed by atoms with van der Waals surface area (Å²) >= 11 is 3.18. The highest BCUT2D eigenvalue weighted by Gasteiger charge is 2.28. The van der Waals surface area contributed by atoms with Gasteiger partial charge in [-0.3, -0.25) is 4.79 Å². The molecule has 0 spiro atoms. The number of halogens is 1. The van der Waals surface area contributed by atoms with E-state index in [0.29, 0.717) is 6.42 Å². The summed E-state index contributed by atoms with van der Waals surface area (Å²) in [6.45, 7) is 3.80. The number of rotatable bonds is 5. The fourth-order valence-electron chi connectivity index (χ4n) is 0.814. The van der Waals surface area contributed by atoms with Crippen molar-refractivity contribution in [2.45, 2.75) is 43.9 Å². The van der Waals surface area contributed by atoms with E-state index in [2.05, 4.69) is 22.9 Å². The van der Waals surface area contributed by atoms with Gasteiger partial charge in [-0.15, -0.1) is 0 Å². The van der Waals surface area contributed by atoms with Crippen LogP contribution in [0.5, 0.6) is 0 Å². The lowest BCUT2D eigenvalue weighted by Crippen LogP contribution is -2.27. The summed E-state index contributed by atoms with van der Waals surface area (Å²) in [5, 5.41) is 8.69. The Hall–Kier alpha value is -0.0500. The third-order valence-corrected chi connectivity index (χ3v) is 2.43. The minimum Gasteiger partial charge on any atom is -0.480 e. The first kappa shape index (κ1) is 11.0. The molecule has 0 radical (unpaired) electrons. The highest BCUT2D eigenvalue weighted by atomic mass is 79.9. The number of alkyl halides is 1. The quantitative estimate of drug-likeness (QED) is 0.574. The van der Waals surface area contributed by atoms with Gasteiger partial charge in [-0.25, -0.2) is 0 Å². The second kappa shape index (κ2) is 4.75. The number of aliphatic carboxylic acids is 1. The summed E-state index contributed by atoms with van der Waals surface area (Å²) in [4.78, 5) is 10.6.